The van der Waals surface area contributed by atoms with Crippen LogP contribution in [0.4, 0.5) is 5.82 Å². The average molecular weight is 352 g/mol. The first kappa shape index (κ1) is 17.9. The maximum absolute atomic E-state index is 13.0. The van der Waals surface area contributed by atoms with Crippen LogP contribution in [0.15, 0.2) is 48.7 Å². The van der Waals surface area contributed by atoms with E-state index in [2.05, 4.69) is 10.3 Å². The Balaban J connectivity index is 1.71. The largest absolute Gasteiger partial charge is 0.362 e. The highest BCUT2D eigenvalue weighted by molar-refractivity contribution is 6.01. The molecule has 1 aliphatic heterocycles. The Morgan fingerprint density at radius 2 is 1.96 bits per heavy atom. The van der Waals surface area contributed by atoms with Gasteiger partial charge in [0.1, 0.15) is 11.9 Å². The Kier molecular flexibility index (Phi) is 5.51. The van der Waals surface area contributed by atoms with Crippen LogP contribution in [0.5, 0.6) is 0 Å². The lowest BCUT2D eigenvalue weighted by molar-refractivity contribution is -0.125. The Morgan fingerprint density at radius 1 is 1.19 bits per heavy atom. The molecule has 2 heterocycles. The van der Waals surface area contributed by atoms with E-state index in [4.69, 9.17) is 0 Å². The van der Waals surface area contributed by atoms with Crippen molar-refractivity contribution in [1.29, 1.82) is 0 Å². The molecular weight excluding hydrogens is 328 g/mol. The first-order valence-electron chi connectivity index (χ1n) is 8.83. The minimum Gasteiger partial charge on any atom is -0.362 e. The van der Waals surface area contributed by atoms with Crippen molar-refractivity contribution in [2.24, 2.45) is 0 Å². The van der Waals surface area contributed by atoms with E-state index in [0.717, 1.165) is 12.0 Å². The molecule has 1 aliphatic rings. The summed E-state index contributed by atoms with van der Waals surface area (Å²) in [6.07, 6.45) is 3.18. The second-order valence-electron chi connectivity index (χ2n) is 6.63. The van der Waals surface area contributed by atoms with E-state index in [1.807, 2.05) is 49.3 Å². The van der Waals surface area contributed by atoms with Crippen LogP contribution in [-0.4, -0.2) is 48.4 Å². The summed E-state index contributed by atoms with van der Waals surface area (Å²) in [4.78, 5) is 33.5. The number of nitrogens with zero attached hydrogens (tertiary/aromatic N) is 3. The number of nitrogens with one attached hydrogen (secondary N) is 1. The van der Waals surface area contributed by atoms with Gasteiger partial charge in [0.2, 0.25) is 5.91 Å². The summed E-state index contributed by atoms with van der Waals surface area (Å²) in [6.45, 7) is 1.05. The second-order valence-corrected chi connectivity index (χ2v) is 6.63. The van der Waals surface area contributed by atoms with Crippen LogP contribution in [-0.2, 0) is 11.3 Å². The van der Waals surface area contributed by atoms with Crippen molar-refractivity contribution in [3.63, 3.8) is 0 Å². The van der Waals surface area contributed by atoms with Crippen molar-refractivity contribution in [1.82, 2.24) is 15.2 Å². The molecule has 6 heteroatoms. The fraction of sp³-hybridized carbons (Fsp3) is 0.350. The number of carbonyl (C=O) groups excluding carboxylic acids is 2. The summed E-state index contributed by atoms with van der Waals surface area (Å²) in [5, 5.41) is 2.96. The molecule has 2 amide bonds. The zero-order valence-electron chi connectivity index (χ0n) is 15.2. The van der Waals surface area contributed by atoms with Gasteiger partial charge in [0.25, 0.3) is 5.91 Å². The first-order chi connectivity index (χ1) is 12.6. The van der Waals surface area contributed by atoms with E-state index in [0.29, 0.717) is 30.9 Å². The van der Waals surface area contributed by atoms with Crippen LogP contribution in [0.25, 0.3) is 0 Å². The van der Waals surface area contributed by atoms with Crippen LogP contribution >= 0.6 is 0 Å². The third-order valence-corrected chi connectivity index (χ3v) is 4.57. The molecule has 1 N–H and O–H groups in total. The number of pyridine rings is 1. The molecule has 3 rings (SSSR count). The third kappa shape index (κ3) is 3.85. The van der Waals surface area contributed by atoms with Crippen molar-refractivity contribution in [3.8, 4) is 0 Å². The van der Waals surface area contributed by atoms with Gasteiger partial charge in [0.05, 0.1) is 5.56 Å². The molecule has 0 aliphatic carbocycles. The van der Waals surface area contributed by atoms with Crippen molar-refractivity contribution in [2.45, 2.75) is 25.4 Å². The summed E-state index contributed by atoms with van der Waals surface area (Å²) in [6, 6.07) is 12.9. The van der Waals surface area contributed by atoms with Crippen molar-refractivity contribution >= 4 is 17.6 Å². The van der Waals surface area contributed by atoms with Crippen molar-refractivity contribution in [2.75, 3.05) is 25.5 Å². The molecule has 1 aromatic carbocycles. The molecule has 0 saturated carbocycles. The minimum absolute atomic E-state index is 0.102. The number of carbonyl (C=O) groups is 2. The van der Waals surface area contributed by atoms with E-state index < -0.39 is 6.04 Å². The smallest absolute Gasteiger partial charge is 0.258 e. The van der Waals surface area contributed by atoms with Gasteiger partial charge in [-0.05, 0) is 30.5 Å². The number of amides is 2. The fourth-order valence-corrected chi connectivity index (χ4v) is 3.26. The monoisotopic (exact) mass is 352 g/mol. The molecule has 26 heavy (non-hydrogen) atoms. The fourth-order valence-electron chi connectivity index (χ4n) is 3.26. The molecule has 0 unspecified atom stereocenters. The van der Waals surface area contributed by atoms with Gasteiger partial charge in [-0.15, -0.1) is 0 Å². The van der Waals surface area contributed by atoms with Gasteiger partial charge in [0, 0.05) is 33.4 Å². The molecule has 0 radical (unpaired) electrons. The second kappa shape index (κ2) is 7.99. The van der Waals surface area contributed by atoms with E-state index >= 15 is 0 Å². The zero-order valence-corrected chi connectivity index (χ0v) is 15.2. The molecular formula is C20H24N4O2. The lowest BCUT2D eigenvalue weighted by Gasteiger charge is -2.25. The van der Waals surface area contributed by atoms with Gasteiger partial charge in [-0.3, -0.25) is 9.59 Å². The maximum atomic E-state index is 13.0. The van der Waals surface area contributed by atoms with Crippen LogP contribution in [0.2, 0.25) is 0 Å². The Labute approximate surface area is 153 Å². The summed E-state index contributed by atoms with van der Waals surface area (Å²) in [5.74, 6) is 0.377. The van der Waals surface area contributed by atoms with Crippen LogP contribution in [0.3, 0.4) is 0 Å². The molecule has 1 saturated heterocycles. The number of aromatic nitrogens is 1. The third-order valence-electron chi connectivity index (χ3n) is 4.57. The quantitative estimate of drug-likeness (QED) is 0.895. The summed E-state index contributed by atoms with van der Waals surface area (Å²) < 4.78 is 0. The Bertz CT molecular complexity index is 776. The van der Waals surface area contributed by atoms with Crippen LogP contribution in [0.1, 0.15) is 28.8 Å². The van der Waals surface area contributed by atoms with Crippen molar-refractivity contribution < 1.29 is 9.59 Å². The highest BCUT2D eigenvalue weighted by atomic mass is 16.2. The van der Waals surface area contributed by atoms with Gasteiger partial charge in [-0.25, -0.2) is 4.98 Å². The average Bonchev–Trinajstić information content (AvgIpc) is 3.16. The lowest BCUT2D eigenvalue weighted by Crippen LogP contribution is -2.46. The highest BCUT2D eigenvalue weighted by Gasteiger charge is 2.35. The number of likely N-dealkylation sites (tertiary alicyclic amines) is 1. The summed E-state index contributed by atoms with van der Waals surface area (Å²) in [7, 11) is 3.71. The van der Waals surface area contributed by atoms with E-state index in [-0.39, 0.29) is 11.8 Å². The normalized spacial score (nSPS) is 16.4. The molecule has 0 bridgehead atoms. The van der Waals surface area contributed by atoms with E-state index in [9.17, 15) is 9.59 Å². The Hall–Kier alpha value is -2.89. The van der Waals surface area contributed by atoms with Gasteiger partial charge >= 0.3 is 0 Å². The van der Waals surface area contributed by atoms with Crippen LogP contribution < -0.4 is 10.2 Å². The standard InChI is InChI=1S/C20H24N4O2/c1-23(2)18-16(10-6-12-21-18)20(26)24-13-7-11-17(24)19(25)22-14-15-8-4-3-5-9-15/h3-6,8-10,12,17H,7,11,13-14H2,1-2H3,(H,22,25)/t17-/m0/s1. The van der Waals surface area contributed by atoms with Gasteiger partial charge in [0.15, 0.2) is 0 Å². The molecule has 2 aromatic rings. The number of rotatable bonds is 5. The summed E-state index contributed by atoms with van der Waals surface area (Å²) >= 11 is 0. The van der Waals surface area contributed by atoms with E-state index in [1.54, 1.807) is 23.2 Å². The lowest BCUT2D eigenvalue weighted by atomic mass is 10.1. The molecule has 6 nitrogen and oxygen atoms in total. The molecule has 0 spiro atoms. The van der Waals surface area contributed by atoms with Crippen LogP contribution in [0, 0.1) is 0 Å². The first-order valence-corrected chi connectivity index (χ1v) is 8.83. The highest BCUT2D eigenvalue weighted by Crippen LogP contribution is 2.24. The van der Waals surface area contributed by atoms with Gasteiger partial charge in [-0.2, -0.15) is 0 Å². The number of benzene rings is 1. The Morgan fingerprint density at radius 3 is 2.69 bits per heavy atom. The van der Waals surface area contributed by atoms with Crippen molar-refractivity contribution in [3.05, 3.63) is 59.8 Å². The topological polar surface area (TPSA) is 65.5 Å². The van der Waals surface area contributed by atoms with Gasteiger partial charge < -0.3 is 15.1 Å². The predicted octanol–water partition coefficient (Wildman–Crippen LogP) is 2.07. The predicted molar refractivity (Wildman–Crippen MR) is 101 cm³/mol. The van der Waals surface area contributed by atoms with Gasteiger partial charge in [-0.1, -0.05) is 30.3 Å². The molecule has 1 aromatic heterocycles. The number of hydrogen-bond donors (Lipinski definition) is 1. The number of anilines is 1. The number of hydrogen-bond acceptors (Lipinski definition) is 4. The molecule has 1 atom stereocenters. The minimum atomic E-state index is -0.429. The summed E-state index contributed by atoms with van der Waals surface area (Å²) in [5.41, 5.74) is 1.57. The molecule has 136 valence electrons. The zero-order chi connectivity index (χ0) is 18.5. The SMILES string of the molecule is CN(C)c1ncccc1C(=O)N1CCC[C@H]1C(=O)NCc1ccccc1. The maximum Gasteiger partial charge on any atom is 0.258 e. The van der Waals surface area contributed by atoms with E-state index in [1.165, 1.54) is 0 Å². The molecule has 1 fully saturated rings.